The van der Waals surface area contributed by atoms with E-state index in [1.807, 2.05) is 6.92 Å². The third-order valence-electron chi connectivity index (χ3n) is 3.35. The summed E-state index contributed by atoms with van der Waals surface area (Å²) >= 11 is 0. The zero-order valence-corrected chi connectivity index (χ0v) is 9.49. The van der Waals surface area contributed by atoms with E-state index in [0.717, 1.165) is 29.6 Å². The van der Waals surface area contributed by atoms with Crippen LogP contribution < -0.4 is 5.73 Å². The van der Waals surface area contributed by atoms with Crippen molar-refractivity contribution < 1.29 is 0 Å². The van der Waals surface area contributed by atoms with Crippen molar-refractivity contribution in [3.63, 3.8) is 0 Å². The second kappa shape index (κ2) is 3.25. The molecule has 0 spiro atoms. The van der Waals surface area contributed by atoms with E-state index in [2.05, 4.69) is 27.3 Å². The highest BCUT2D eigenvalue weighted by Gasteiger charge is 2.26. The Labute approximate surface area is 93.4 Å². The molecule has 0 bridgehead atoms. The van der Waals surface area contributed by atoms with Crippen LogP contribution in [-0.4, -0.2) is 20.4 Å². The molecule has 5 heteroatoms. The summed E-state index contributed by atoms with van der Waals surface area (Å²) in [5, 5.41) is 16.6. The SMILES string of the molecule is Cc1[nH]nc2nnc3c(c12)CC(C)CC3N. The molecule has 0 aromatic carbocycles. The lowest BCUT2D eigenvalue weighted by atomic mass is 9.84. The second-order valence-electron chi connectivity index (χ2n) is 4.76. The van der Waals surface area contributed by atoms with Crippen LogP contribution in [-0.2, 0) is 6.42 Å². The Bertz CT molecular complexity index is 545. The summed E-state index contributed by atoms with van der Waals surface area (Å²) in [4.78, 5) is 0. The first-order chi connectivity index (χ1) is 7.66. The Kier molecular flexibility index (Phi) is 1.97. The van der Waals surface area contributed by atoms with Crippen LogP contribution in [0, 0.1) is 12.8 Å². The summed E-state index contributed by atoms with van der Waals surface area (Å²) in [6, 6.07) is 0.0185. The van der Waals surface area contributed by atoms with Crippen LogP contribution in [0.4, 0.5) is 0 Å². The van der Waals surface area contributed by atoms with Gasteiger partial charge in [-0.05, 0) is 31.2 Å². The van der Waals surface area contributed by atoms with E-state index in [9.17, 15) is 0 Å². The number of aromatic nitrogens is 4. The molecule has 2 unspecified atom stereocenters. The maximum absolute atomic E-state index is 6.11. The molecule has 2 aromatic heterocycles. The number of nitrogens with two attached hydrogens (primary N) is 1. The molecule has 2 aromatic rings. The van der Waals surface area contributed by atoms with E-state index in [-0.39, 0.29) is 6.04 Å². The minimum absolute atomic E-state index is 0.0185. The van der Waals surface area contributed by atoms with Gasteiger partial charge in [0.15, 0.2) is 0 Å². The van der Waals surface area contributed by atoms with Crippen molar-refractivity contribution in [1.29, 1.82) is 0 Å². The number of aromatic amines is 1. The molecule has 0 radical (unpaired) electrons. The van der Waals surface area contributed by atoms with Crippen LogP contribution in [0.25, 0.3) is 11.0 Å². The third kappa shape index (κ3) is 1.24. The van der Waals surface area contributed by atoms with Gasteiger partial charge in [0.25, 0.3) is 0 Å². The summed E-state index contributed by atoms with van der Waals surface area (Å²) in [7, 11) is 0. The van der Waals surface area contributed by atoms with Crippen LogP contribution in [0.3, 0.4) is 0 Å². The van der Waals surface area contributed by atoms with Crippen molar-refractivity contribution in [2.24, 2.45) is 11.7 Å². The number of fused-ring (bicyclic) bond motifs is 3. The van der Waals surface area contributed by atoms with Gasteiger partial charge in [-0.25, -0.2) is 0 Å². The van der Waals surface area contributed by atoms with Gasteiger partial charge in [0.1, 0.15) is 0 Å². The van der Waals surface area contributed by atoms with Gasteiger partial charge < -0.3 is 5.73 Å². The molecule has 0 saturated heterocycles. The van der Waals surface area contributed by atoms with Crippen molar-refractivity contribution >= 4 is 11.0 Å². The summed E-state index contributed by atoms with van der Waals surface area (Å²) in [5.41, 5.74) is 10.1. The van der Waals surface area contributed by atoms with Gasteiger partial charge in [-0.3, -0.25) is 5.10 Å². The van der Waals surface area contributed by atoms with Gasteiger partial charge in [0, 0.05) is 17.1 Å². The number of hydrogen-bond acceptors (Lipinski definition) is 4. The monoisotopic (exact) mass is 217 g/mol. The summed E-state index contributed by atoms with van der Waals surface area (Å²) in [6.07, 6.45) is 2.01. The lowest BCUT2D eigenvalue weighted by Crippen LogP contribution is -2.24. The van der Waals surface area contributed by atoms with Gasteiger partial charge >= 0.3 is 0 Å². The summed E-state index contributed by atoms with van der Waals surface area (Å²) < 4.78 is 0. The van der Waals surface area contributed by atoms with Crippen LogP contribution in [0.1, 0.15) is 36.3 Å². The number of rotatable bonds is 0. The minimum Gasteiger partial charge on any atom is -0.323 e. The Balaban J connectivity index is 2.32. The van der Waals surface area contributed by atoms with Gasteiger partial charge in [-0.1, -0.05) is 6.92 Å². The molecule has 0 fully saturated rings. The average molecular weight is 217 g/mol. The lowest BCUT2D eigenvalue weighted by Gasteiger charge is -2.25. The highest BCUT2D eigenvalue weighted by atomic mass is 15.2. The average Bonchev–Trinajstić information content (AvgIpc) is 2.60. The molecular weight excluding hydrogens is 202 g/mol. The normalized spacial score (nSPS) is 24.7. The predicted molar refractivity (Wildman–Crippen MR) is 60.8 cm³/mol. The van der Waals surface area contributed by atoms with E-state index in [0.29, 0.717) is 11.6 Å². The second-order valence-corrected chi connectivity index (χ2v) is 4.76. The fraction of sp³-hybridized carbons (Fsp3) is 0.545. The van der Waals surface area contributed by atoms with E-state index >= 15 is 0 Å². The van der Waals surface area contributed by atoms with Crippen LogP contribution in [0.15, 0.2) is 0 Å². The molecule has 0 amide bonds. The van der Waals surface area contributed by atoms with Gasteiger partial charge in [-0.15, -0.1) is 5.10 Å². The molecule has 5 nitrogen and oxygen atoms in total. The predicted octanol–water partition coefficient (Wildman–Crippen LogP) is 1.24. The Morgan fingerprint density at radius 1 is 1.38 bits per heavy atom. The molecule has 16 heavy (non-hydrogen) atoms. The van der Waals surface area contributed by atoms with Crippen molar-refractivity contribution in [3.05, 3.63) is 17.0 Å². The highest BCUT2D eigenvalue weighted by Crippen LogP contribution is 2.34. The number of hydrogen-bond donors (Lipinski definition) is 2. The fourth-order valence-electron chi connectivity index (χ4n) is 2.62. The summed E-state index contributed by atoms with van der Waals surface area (Å²) in [5.74, 6) is 0.601. The maximum atomic E-state index is 6.11. The van der Waals surface area contributed by atoms with Gasteiger partial charge in [-0.2, -0.15) is 10.2 Å². The molecule has 3 N–H and O–H groups in total. The van der Waals surface area contributed by atoms with Gasteiger partial charge in [0.2, 0.25) is 5.65 Å². The Hall–Kier alpha value is -1.49. The molecule has 84 valence electrons. The first-order valence-corrected chi connectivity index (χ1v) is 5.62. The standard InChI is InChI=1S/C11H15N5/c1-5-3-7-9-6(2)13-15-11(9)16-14-10(7)8(12)4-5/h5,8H,3-4,12H2,1-2H3,(H,13,15,16). The molecule has 1 aliphatic carbocycles. The quantitative estimate of drug-likeness (QED) is 0.695. The topological polar surface area (TPSA) is 80.5 Å². The van der Waals surface area contributed by atoms with Crippen molar-refractivity contribution in [2.45, 2.75) is 32.7 Å². The summed E-state index contributed by atoms with van der Waals surface area (Å²) in [6.45, 7) is 4.24. The smallest absolute Gasteiger partial charge is 0.203 e. The Morgan fingerprint density at radius 2 is 2.19 bits per heavy atom. The number of aryl methyl sites for hydroxylation is 1. The van der Waals surface area contributed by atoms with Crippen LogP contribution >= 0.6 is 0 Å². The van der Waals surface area contributed by atoms with Crippen molar-refractivity contribution in [3.8, 4) is 0 Å². The highest BCUT2D eigenvalue weighted by molar-refractivity contribution is 5.82. The zero-order valence-electron chi connectivity index (χ0n) is 9.49. The molecule has 1 aliphatic rings. The van der Waals surface area contributed by atoms with Crippen molar-refractivity contribution in [1.82, 2.24) is 20.4 Å². The van der Waals surface area contributed by atoms with Crippen LogP contribution in [0.2, 0.25) is 0 Å². The Morgan fingerprint density at radius 3 is 3.00 bits per heavy atom. The molecule has 3 rings (SSSR count). The zero-order chi connectivity index (χ0) is 11.3. The minimum atomic E-state index is 0.0185. The molecule has 2 heterocycles. The van der Waals surface area contributed by atoms with Crippen LogP contribution in [0.5, 0.6) is 0 Å². The van der Waals surface area contributed by atoms with E-state index < -0.39 is 0 Å². The maximum Gasteiger partial charge on any atom is 0.203 e. The number of nitrogens with zero attached hydrogens (tertiary/aromatic N) is 3. The fourth-order valence-corrected chi connectivity index (χ4v) is 2.62. The number of nitrogens with one attached hydrogen (secondary N) is 1. The third-order valence-corrected chi connectivity index (χ3v) is 3.35. The van der Waals surface area contributed by atoms with E-state index in [1.165, 1.54) is 5.56 Å². The largest absolute Gasteiger partial charge is 0.323 e. The van der Waals surface area contributed by atoms with E-state index in [4.69, 9.17) is 5.73 Å². The molecule has 0 saturated carbocycles. The van der Waals surface area contributed by atoms with E-state index in [1.54, 1.807) is 0 Å². The molecule has 0 aliphatic heterocycles. The first-order valence-electron chi connectivity index (χ1n) is 5.62. The van der Waals surface area contributed by atoms with Crippen molar-refractivity contribution in [2.75, 3.05) is 0 Å². The van der Waals surface area contributed by atoms with Gasteiger partial charge in [0.05, 0.1) is 5.69 Å². The lowest BCUT2D eigenvalue weighted by molar-refractivity contribution is 0.429. The molecular formula is C11H15N5. The number of H-pyrrole nitrogens is 1. The first kappa shape index (κ1) is 9.72. The molecule has 2 atom stereocenters.